The first kappa shape index (κ1) is 20.4. The number of pyridine rings is 1. The van der Waals surface area contributed by atoms with Crippen LogP contribution in [0.15, 0.2) is 36.5 Å². The van der Waals surface area contributed by atoms with Crippen LogP contribution in [-0.2, 0) is 9.53 Å². The molecule has 4 rings (SSSR count). The lowest BCUT2D eigenvalue weighted by Crippen LogP contribution is -2.37. The van der Waals surface area contributed by atoms with Gasteiger partial charge in [0.2, 0.25) is 5.60 Å². The number of hydrogen-bond acceptors (Lipinski definition) is 7. The van der Waals surface area contributed by atoms with Crippen molar-refractivity contribution in [3.05, 3.63) is 47.8 Å². The number of esters is 1. The molecule has 0 spiro atoms. The van der Waals surface area contributed by atoms with Gasteiger partial charge in [0.15, 0.2) is 5.69 Å². The topological polar surface area (TPSA) is 110 Å². The predicted octanol–water partition coefficient (Wildman–Crippen LogP) is 1.19. The number of rotatable bonds is 3. The smallest absolute Gasteiger partial charge is 0.359 e. The van der Waals surface area contributed by atoms with Crippen molar-refractivity contribution >= 4 is 28.6 Å². The van der Waals surface area contributed by atoms with Gasteiger partial charge in [0, 0.05) is 38.8 Å². The molecule has 2 aromatic heterocycles. The van der Waals surface area contributed by atoms with Crippen LogP contribution in [0.4, 0.5) is 5.82 Å². The average molecular weight is 419 g/mol. The molecule has 2 N–H and O–H groups in total. The van der Waals surface area contributed by atoms with E-state index in [4.69, 9.17) is 4.74 Å². The van der Waals surface area contributed by atoms with E-state index < -0.39 is 17.5 Å². The molecule has 1 saturated heterocycles. The van der Waals surface area contributed by atoms with Crippen molar-refractivity contribution in [2.45, 2.75) is 12.0 Å². The molecular formula is C22H21N5O4. The third-order valence-electron chi connectivity index (χ3n) is 5.22. The molecule has 1 atom stereocenters. The summed E-state index contributed by atoms with van der Waals surface area (Å²) in [5.41, 5.74) is 0.382. The summed E-state index contributed by atoms with van der Waals surface area (Å²) < 4.78 is 6.50. The summed E-state index contributed by atoms with van der Waals surface area (Å²) in [6, 6.07) is 8.91. The van der Waals surface area contributed by atoms with Crippen molar-refractivity contribution in [1.29, 1.82) is 0 Å². The second-order valence-electron chi connectivity index (χ2n) is 7.19. The van der Waals surface area contributed by atoms with E-state index in [1.807, 2.05) is 6.07 Å². The molecule has 31 heavy (non-hydrogen) atoms. The van der Waals surface area contributed by atoms with Gasteiger partial charge in [0.05, 0.1) is 23.7 Å². The molecule has 9 nitrogen and oxygen atoms in total. The lowest BCUT2D eigenvalue weighted by atomic mass is 10.0. The fourth-order valence-corrected chi connectivity index (χ4v) is 3.55. The number of likely N-dealkylation sites (tertiary alicyclic amines) is 1. The predicted molar refractivity (Wildman–Crippen MR) is 114 cm³/mol. The minimum atomic E-state index is -1.67. The van der Waals surface area contributed by atoms with Gasteiger partial charge in [0.25, 0.3) is 5.91 Å². The van der Waals surface area contributed by atoms with Gasteiger partial charge in [-0.2, -0.15) is 5.10 Å². The summed E-state index contributed by atoms with van der Waals surface area (Å²) in [5.74, 6) is 5.14. The Morgan fingerprint density at radius 2 is 2.16 bits per heavy atom. The first-order chi connectivity index (χ1) is 14.9. The summed E-state index contributed by atoms with van der Waals surface area (Å²) in [5, 5.41) is 18.5. The van der Waals surface area contributed by atoms with Crippen LogP contribution in [0, 0.1) is 11.8 Å². The quantitative estimate of drug-likeness (QED) is 0.485. The second-order valence-corrected chi connectivity index (χ2v) is 7.19. The lowest BCUT2D eigenvalue weighted by Gasteiger charge is -2.13. The van der Waals surface area contributed by atoms with E-state index in [1.54, 1.807) is 49.2 Å². The maximum Gasteiger partial charge on any atom is 0.359 e. The molecule has 0 unspecified atom stereocenters. The monoisotopic (exact) mass is 419 g/mol. The van der Waals surface area contributed by atoms with Crippen LogP contribution in [0.3, 0.4) is 0 Å². The van der Waals surface area contributed by atoms with Crippen molar-refractivity contribution in [3.63, 3.8) is 0 Å². The Kier molecular flexibility index (Phi) is 5.09. The molecule has 1 amide bonds. The number of anilines is 1. The van der Waals surface area contributed by atoms with Crippen LogP contribution in [0.2, 0.25) is 0 Å². The van der Waals surface area contributed by atoms with Crippen molar-refractivity contribution in [3.8, 4) is 17.5 Å². The molecule has 158 valence electrons. The highest BCUT2D eigenvalue weighted by Crippen LogP contribution is 2.28. The van der Waals surface area contributed by atoms with Gasteiger partial charge in [-0.05, 0) is 24.3 Å². The molecule has 0 bridgehead atoms. The van der Waals surface area contributed by atoms with Crippen LogP contribution in [0.1, 0.15) is 22.5 Å². The molecule has 3 aromatic rings. The summed E-state index contributed by atoms with van der Waals surface area (Å²) in [6.45, 7) is 0.460. The van der Waals surface area contributed by atoms with E-state index in [0.717, 1.165) is 0 Å². The Labute approximate surface area is 178 Å². The van der Waals surface area contributed by atoms with Gasteiger partial charge >= 0.3 is 5.97 Å². The van der Waals surface area contributed by atoms with Gasteiger partial charge in [-0.1, -0.05) is 17.9 Å². The number of likely N-dealkylation sites (N-methyl/N-ethyl adjacent to an activating group) is 1. The molecule has 0 saturated carbocycles. The van der Waals surface area contributed by atoms with Crippen LogP contribution in [-0.4, -0.2) is 70.0 Å². The number of nitrogens with zero attached hydrogens (tertiary/aromatic N) is 4. The second kappa shape index (κ2) is 7.74. The Hall–Kier alpha value is -3.90. The van der Waals surface area contributed by atoms with Crippen LogP contribution in [0.25, 0.3) is 16.6 Å². The van der Waals surface area contributed by atoms with E-state index in [2.05, 4.69) is 27.2 Å². The number of aromatic nitrogens is 3. The Balaban J connectivity index is 1.80. The van der Waals surface area contributed by atoms with E-state index in [0.29, 0.717) is 34.5 Å². The molecule has 3 heterocycles. The van der Waals surface area contributed by atoms with Crippen molar-refractivity contribution in [1.82, 2.24) is 19.7 Å². The number of aliphatic hydroxyl groups is 1. The zero-order valence-corrected chi connectivity index (χ0v) is 17.3. The molecule has 9 heteroatoms. The maximum absolute atomic E-state index is 12.3. The third-order valence-corrected chi connectivity index (χ3v) is 5.22. The van der Waals surface area contributed by atoms with Gasteiger partial charge in [-0.25, -0.2) is 14.5 Å². The molecule has 1 aromatic carbocycles. The number of carbonyl (C=O) groups is 2. The number of benzene rings is 1. The Morgan fingerprint density at radius 3 is 2.84 bits per heavy atom. The molecule has 1 aliphatic rings. The average Bonchev–Trinajstić information content (AvgIpc) is 3.31. The van der Waals surface area contributed by atoms with Crippen molar-refractivity contribution in [2.24, 2.45) is 0 Å². The maximum atomic E-state index is 12.3. The van der Waals surface area contributed by atoms with E-state index in [1.165, 1.54) is 12.0 Å². The standard InChI is InChI=1S/C22H21N5O4/c1-23-19-17-16(8-11-24-19)27(25-18(17)20(28)31-3)15-6-4-5-14(13-15)7-9-22(30)10-12-26(2)21(22)29/h4-6,8,11,13,30H,10,12H2,1-3H3,(H,23,24)/t22-/m0/s1. The molecule has 1 fully saturated rings. The van der Waals surface area contributed by atoms with E-state index in [-0.39, 0.29) is 12.1 Å². The van der Waals surface area contributed by atoms with Crippen LogP contribution in [0.5, 0.6) is 0 Å². The van der Waals surface area contributed by atoms with Gasteiger partial charge in [-0.15, -0.1) is 0 Å². The normalized spacial score (nSPS) is 18.1. The van der Waals surface area contributed by atoms with Crippen LogP contribution >= 0.6 is 0 Å². The number of carbonyl (C=O) groups excluding carboxylic acids is 2. The number of ether oxygens (including phenoxy) is 1. The summed E-state index contributed by atoms with van der Waals surface area (Å²) in [7, 11) is 4.65. The number of hydrogen-bond donors (Lipinski definition) is 2. The zero-order chi connectivity index (χ0) is 22.2. The van der Waals surface area contributed by atoms with Gasteiger partial charge in [-0.3, -0.25) is 4.79 Å². The SMILES string of the molecule is CNc1nccc2c1c(C(=O)OC)nn2-c1cccc(C#C[C@]2(O)CCN(C)C2=O)c1. The Morgan fingerprint density at radius 1 is 1.35 bits per heavy atom. The molecule has 0 aliphatic carbocycles. The van der Waals surface area contributed by atoms with Crippen molar-refractivity contribution < 1.29 is 19.4 Å². The highest BCUT2D eigenvalue weighted by atomic mass is 16.5. The minimum Gasteiger partial charge on any atom is -0.464 e. The third kappa shape index (κ3) is 3.47. The molecular weight excluding hydrogens is 398 g/mol. The van der Waals surface area contributed by atoms with Crippen molar-refractivity contribution in [2.75, 3.05) is 33.1 Å². The first-order valence-electron chi connectivity index (χ1n) is 9.63. The highest BCUT2D eigenvalue weighted by molar-refractivity contribution is 6.07. The highest BCUT2D eigenvalue weighted by Gasteiger charge is 2.42. The minimum absolute atomic E-state index is 0.139. The summed E-state index contributed by atoms with van der Waals surface area (Å²) >= 11 is 0. The summed E-state index contributed by atoms with van der Waals surface area (Å²) in [4.78, 5) is 30.2. The fraction of sp³-hybridized carbons (Fsp3) is 0.273. The van der Waals surface area contributed by atoms with Crippen LogP contribution < -0.4 is 5.32 Å². The van der Waals surface area contributed by atoms with E-state index in [9.17, 15) is 14.7 Å². The number of fused-ring (bicyclic) bond motifs is 1. The largest absolute Gasteiger partial charge is 0.464 e. The molecule has 1 aliphatic heterocycles. The van der Waals surface area contributed by atoms with E-state index >= 15 is 0 Å². The summed E-state index contributed by atoms with van der Waals surface area (Å²) in [6.07, 6.45) is 1.88. The number of nitrogens with one attached hydrogen (secondary N) is 1. The number of methoxy groups -OCH3 is 1. The van der Waals surface area contributed by atoms with Gasteiger partial charge < -0.3 is 20.1 Å². The molecule has 0 radical (unpaired) electrons. The van der Waals surface area contributed by atoms with Gasteiger partial charge in [0.1, 0.15) is 5.82 Å². The Bertz CT molecular complexity index is 1260. The zero-order valence-electron chi connectivity index (χ0n) is 17.3. The fourth-order valence-electron chi connectivity index (χ4n) is 3.55. The number of amides is 1. The lowest BCUT2D eigenvalue weighted by molar-refractivity contribution is -0.137. The first-order valence-corrected chi connectivity index (χ1v) is 9.63.